The summed E-state index contributed by atoms with van der Waals surface area (Å²) in [5.41, 5.74) is 3.29. The van der Waals surface area contributed by atoms with Crippen molar-refractivity contribution in [1.29, 1.82) is 0 Å². The Bertz CT molecular complexity index is 428. The second kappa shape index (κ2) is 8.50. The van der Waals surface area contributed by atoms with Crippen LogP contribution in [0.5, 0.6) is 0 Å². The number of ketones is 1. The summed E-state index contributed by atoms with van der Waals surface area (Å²) >= 11 is 0. The number of hydrogen-bond donors (Lipinski definition) is 0. The van der Waals surface area contributed by atoms with E-state index in [1.807, 2.05) is 13.8 Å². The summed E-state index contributed by atoms with van der Waals surface area (Å²) in [4.78, 5) is 11.8. The molecule has 0 aromatic heterocycles. The van der Waals surface area contributed by atoms with Gasteiger partial charge < -0.3 is 14.2 Å². The third kappa shape index (κ3) is 7.58. The quantitative estimate of drug-likeness (QED) is 0.430. The van der Waals surface area contributed by atoms with Gasteiger partial charge in [-0.15, -0.1) is 11.5 Å². The number of hydrogen-bond acceptors (Lipinski definition) is 4. The summed E-state index contributed by atoms with van der Waals surface area (Å²) in [5.74, 6) is 3.14. The van der Waals surface area contributed by atoms with Gasteiger partial charge in [-0.2, -0.15) is 0 Å². The smallest absolute Gasteiger partial charge is 0.184 e. The predicted molar refractivity (Wildman–Crippen MR) is 85.3 cm³/mol. The molecule has 1 rings (SSSR count). The molecule has 1 aliphatic rings. The molecule has 0 amide bonds. The van der Waals surface area contributed by atoms with E-state index in [9.17, 15) is 4.79 Å². The Hall–Kier alpha value is -0.933. The van der Waals surface area contributed by atoms with E-state index in [1.54, 1.807) is 6.08 Å². The van der Waals surface area contributed by atoms with Crippen LogP contribution in [0.25, 0.3) is 0 Å². The molecule has 0 fully saturated rings. The van der Waals surface area contributed by atoms with Crippen LogP contribution >= 0.6 is 0 Å². The molecular weight excluding hydrogens is 284 g/mol. The van der Waals surface area contributed by atoms with Crippen molar-refractivity contribution < 1.29 is 19.0 Å². The van der Waals surface area contributed by atoms with E-state index >= 15 is 0 Å². The Morgan fingerprint density at radius 3 is 2.76 bits per heavy atom. The molecule has 0 aromatic rings. The van der Waals surface area contributed by atoms with E-state index < -0.39 is 20.5 Å². The summed E-state index contributed by atoms with van der Waals surface area (Å²) in [6, 6.07) is 0. The van der Waals surface area contributed by atoms with Crippen LogP contribution in [0.1, 0.15) is 26.7 Å². The zero-order valence-electron chi connectivity index (χ0n) is 13.6. The lowest BCUT2D eigenvalue weighted by Crippen LogP contribution is -2.35. The maximum atomic E-state index is 11.8. The molecule has 1 aliphatic heterocycles. The van der Waals surface area contributed by atoms with E-state index in [-0.39, 0.29) is 12.1 Å². The van der Waals surface area contributed by atoms with E-state index in [1.165, 1.54) is 6.08 Å². The van der Waals surface area contributed by atoms with Crippen LogP contribution in [0.4, 0.5) is 0 Å². The topological polar surface area (TPSA) is 44.8 Å². The highest BCUT2D eigenvalue weighted by atomic mass is 28.3. The molecule has 3 atom stereocenters. The van der Waals surface area contributed by atoms with Crippen molar-refractivity contribution in [1.82, 2.24) is 0 Å². The molecular formula is C16H26O4Si. The molecule has 21 heavy (non-hydrogen) atoms. The number of carbonyl (C=O) groups excluding carboxylic acids is 1. The first-order valence-corrected chi connectivity index (χ1v) is 11.0. The standard InChI is InChI=1S/C16H26O4Si/c1-6-18-13(2)19-16-11-10-14(17)15(20-16)9-7-8-12-21(3,4)5/h10-11,13,15-16H,6-7,9H2,1-5H3/t13?,15-,16-/m1/s1. The van der Waals surface area contributed by atoms with Crippen molar-refractivity contribution in [2.45, 2.75) is 65.0 Å². The van der Waals surface area contributed by atoms with Gasteiger partial charge >= 0.3 is 0 Å². The third-order valence-corrected chi connectivity index (χ3v) is 3.68. The SMILES string of the molecule is CCOC(C)O[C@H]1C=CC(=O)[C@@H](CCC#C[Si](C)(C)C)O1. The molecule has 0 spiro atoms. The minimum atomic E-state index is -1.35. The molecule has 118 valence electrons. The first-order chi connectivity index (χ1) is 9.81. The van der Waals surface area contributed by atoms with E-state index in [0.29, 0.717) is 19.4 Å². The minimum absolute atomic E-state index is 0.0197. The van der Waals surface area contributed by atoms with Gasteiger partial charge in [0.05, 0.1) is 0 Å². The molecule has 1 heterocycles. The van der Waals surface area contributed by atoms with Crippen LogP contribution in [-0.4, -0.2) is 39.1 Å². The number of rotatable bonds is 6. The normalized spacial score (nSPS) is 23.6. The van der Waals surface area contributed by atoms with Gasteiger partial charge in [-0.3, -0.25) is 4.79 Å². The van der Waals surface area contributed by atoms with Gasteiger partial charge in [-0.05, 0) is 32.4 Å². The molecule has 0 aromatic carbocycles. The summed E-state index contributed by atoms with van der Waals surface area (Å²) in [5, 5.41) is 0. The monoisotopic (exact) mass is 310 g/mol. The Kier molecular flexibility index (Phi) is 7.33. The van der Waals surface area contributed by atoms with Gasteiger partial charge in [0.1, 0.15) is 14.2 Å². The second-order valence-electron chi connectivity index (χ2n) is 6.00. The molecule has 0 bridgehead atoms. The van der Waals surface area contributed by atoms with Crippen LogP contribution in [0.15, 0.2) is 12.2 Å². The first kappa shape index (κ1) is 18.1. The summed E-state index contributed by atoms with van der Waals surface area (Å²) in [7, 11) is -1.35. The van der Waals surface area contributed by atoms with E-state index in [0.717, 1.165) is 0 Å². The fourth-order valence-corrected chi connectivity index (χ4v) is 2.49. The van der Waals surface area contributed by atoms with Crippen LogP contribution < -0.4 is 0 Å². The Morgan fingerprint density at radius 1 is 1.43 bits per heavy atom. The summed E-state index contributed by atoms with van der Waals surface area (Å²) < 4.78 is 16.5. The lowest BCUT2D eigenvalue weighted by molar-refractivity contribution is -0.232. The third-order valence-electron chi connectivity index (χ3n) is 2.76. The largest absolute Gasteiger partial charge is 0.353 e. The van der Waals surface area contributed by atoms with Crippen molar-refractivity contribution in [2.24, 2.45) is 0 Å². The van der Waals surface area contributed by atoms with E-state index in [4.69, 9.17) is 14.2 Å². The van der Waals surface area contributed by atoms with Gasteiger partial charge in [0, 0.05) is 13.0 Å². The molecule has 0 radical (unpaired) electrons. The average Bonchev–Trinajstić information content (AvgIpc) is 2.37. The maximum absolute atomic E-state index is 11.8. The zero-order valence-corrected chi connectivity index (χ0v) is 14.6. The molecule has 0 saturated heterocycles. The molecule has 0 saturated carbocycles. The highest BCUT2D eigenvalue weighted by Gasteiger charge is 2.26. The fraction of sp³-hybridized carbons (Fsp3) is 0.688. The van der Waals surface area contributed by atoms with Crippen LogP contribution in [0.3, 0.4) is 0 Å². The van der Waals surface area contributed by atoms with Gasteiger partial charge in [-0.1, -0.05) is 19.6 Å². The number of carbonyl (C=O) groups is 1. The van der Waals surface area contributed by atoms with Crippen molar-refractivity contribution in [3.05, 3.63) is 12.2 Å². The van der Waals surface area contributed by atoms with Gasteiger partial charge in [-0.25, -0.2) is 0 Å². The van der Waals surface area contributed by atoms with Crippen molar-refractivity contribution >= 4 is 13.9 Å². The van der Waals surface area contributed by atoms with Gasteiger partial charge in [0.25, 0.3) is 0 Å². The van der Waals surface area contributed by atoms with E-state index in [2.05, 4.69) is 31.1 Å². The van der Waals surface area contributed by atoms with Crippen LogP contribution in [0, 0.1) is 11.5 Å². The second-order valence-corrected chi connectivity index (χ2v) is 10.8. The minimum Gasteiger partial charge on any atom is -0.353 e. The summed E-state index contributed by atoms with van der Waals surface area (Å²) in [6.45, 7) is 10.9. The van der Waals surface area contributed by atoms with Crippen LogP contribution in [-0.2, 0) is 19.0 Å². The highest BCUT2D eigenvalue weighted by Crippen LogP contribution is 2.16. The zero-order chi connectivity index (χ0) is 15.9. The van der Waals surface area contributed by atoms with Crippen molar-refractivity contribution in [2.75, 3.05) is 6.61 Å². The Balaban J connectivity index is 2.46. The molecule has 0 N–H and O–H groups in total. The van der Waals surface area contributed by atoms with Crippen molar-refractivity contribution in [3.8, 4) is 11.5 Å². The van der Waals surface area contributed by atoms with Crippen molar-refractivity contribution in [3.63, 3.8) is 0 Å². The van der Waals surface area contributed by atoms with Gasteiger partial charge in [0.2, 0.25) is 0 Å². The predicted octanol–water partition coefficient (Wildman–Crippen LogP) is 2.90. The average molecular weight is 310 g/mol. The first-order valence-electron chi connectivity index (χ1n) is 7.46. The Morgan fingerprint density at radius 2 is 2.14 bits per heavy atom. The fourth-order valence-electron chi connectivity index (χ4n) is 1.84. The Labute approximate surface area is 128 Å². The lowest BCUT2D eigenvalue weighted by Gasteiger charge is -2.26. The molecule has 1 unspecified atom stereocenters. The van der Waals surface area contributed by atoms with Gasteiger partial charge in [0.15, 0.2) is 18.4 Å². The maximum Gasteiger partial charge on any atom is 0.184 e. The number of ether oxygens (including phenoxy) is 3. The molecule has 0 aliphatic carbocycles. The van der Waals surface area contributed by atoms with Crippen LogP contribution in [0.2, 0.25) is 19.6 Å². The highest BCUT2D eigenvalue weighted by molar-refractivity contribution is 6.83. The molecule has 5 heteroatoms. The summed E-state index contributed by atoms with van der Waals surface area (Å²) in [6.07, 6.45) is 3.08. The lowest BCUT2D eigenvalue weighted by atomic mass is 10.1. The molecule has 4 nitrogen and oxygen atoms in total.